The first-order chi connectivity index (χ1) is 5.99. The Morgan fingerprint density at radius 1 is 1.31 bits per heavy atom. The fraction of sp³-hybridized carbons (Fsp3) is 1.00. The van der Waals surface area contributed by atoms with Gasteiger partial charge in [0.1, 0.15) is 0 Å². The van der Waals surface area contributed by atoms with Gasteiger partial charge >= 0.3 is 0 Å². The predicted octanol–water partition coefficient (Wildman–Crippen LogP) is 3.30. The minimum absolute atomic E-state index is 0.432. The van der Waals surface area contributed by atoms with Crippen LogP contribution in [-0.4, -0.2) is 23.6 Å². The maximum absolute atomic E-state index is 3.34. The molecular weight excluding hydrogens is 178 g/mol. The molecule has 80 valence electrons. The van der Waals surface area contributed by atoms with E-state index in [0.29, 0.717) is 4.75 Å². The molecule has 0 rings (SSSR count). The molecule has 0 spiro atoms. The molecule has 0 aromatic carbocycles. The first-order valence-corrected chi connectivity index (χ1v) is 6.29. The Morgan fingerprint density at radius 3 is 2.31 bits per heavy atom. The smallest absolute Gasteiger partial charge is 0.00750 e. The van der Waals surface area contributed by atoms with Crippen LogP contribution >= 0.6 is 11.8 Å². The van der Waals surface area contributed by atoms with Crippen LogP contribution in [0.1, 0.15) is 47.0 Å². The van der Waals surface area contributed by atoms with E-state index in [-0.39, 0.29) is 0 Å². The van der Waals surface area contributed by atoms with Crippen molar-refractivity contribution in [1.29, 1.82) is 0 Å². The van der Waals surface area contributed by atoms with Gasteiger partial charge in [0.25, 0.3) is 0 Å². The van der Waals surface area contributed by atoms with E-state index in [4.69, 9.17) is 0 Å². The van der Waals surface area contributed by atoms with Gasteiger partial charge in [0.05, 0.1) is 0 Å². The molecule has 0 heterocycles. The lowest BCUT2D eigenvalue weighted by Crippen LogP contribution is -2.24. The van der Waals surface area contributed by atoms with Crippen LogP contribution in [0.5, 0.6) is 0 Å². The number of rotatable bonds is 6. The molecule has 0 aliphatic heterocycles. The molecule has 0 aliphatic rings. The molecule has 1 nitrogen and oxygen atoms in total. The van der Waals surface area contributed by atoms with Gasteiger partial charge in [-0.2, -0.15) is 11.8 Å². The van der Waals surface area contributed by atoms with Gasteiger partial charge in [0.15, 0.2) is 0 Å². The zero-order valence-electron chi connectivity index (χ0n) is 9.81. The minimum Gasteiger partial charge on any atom is -0.317 e. The number of hydrogen-bond donors (Lipinski definition) is 1. The van der Waals surface area contributed by atoms with Crippen molar-refractivity contribution in [3.63, 3.8) is 0 Å². The summed E-state index contributed by atoms with van der Waals surface area (Å²) in [4.78, 5) is 0. The van der Waals surface area contributed by atoms with Crippen LogP contribution in [0.3, 0.4) is 0 Å². The molecule has 0 fully saturated rings. The summed E-state index contributed by atoms with van der Waals surface area (Å²) < 4.78 is 0.432. The minimum atomic E-state index is 0.432. The van der Waals surface area contributed by atoms with Gasteiger partial charge in [0, 0.05) is 10.8 Å². The number of hydrogen-bond acceptors (Lipinski definition) is 2. The zero-order chi connectivity index (χ0) is 10.3. The van der Waals surface area contributed by atoms with E-state index in [9.17, 15) is 0 Å². The van der Waals surface area contributed by atoms with Crippen LogP contribution in [-0.2, 0) is 0 Å². The van der Waals surface area contributed by atoms with Gasteiger partial charge in [-0.15, -0.1) is 0 Å². The molecule has 0 radical (unpaired) electrons. The van der Waals surface area contributed by atoms with Crippen LogP contribution < -0.4 is 5.32 Å². The molecule has 0 amide bonds. The summed E-state index contributed by atoms with van der Waals surface area (Å²) in [5.41, 5.74) is 0. The van der Waals surface area contributed by atoms with Crippen molar-refractivity contribution in [1.82, 2.24) is 5.32 Å². The van der Waals surface area contributed by atoms with Crippen LogP contribution in [0.2, 0.25) is 0 Å². The van der Waals surface area contributed by atoms with E-state index in [2.05, 4.69) is 51.8 Å². The van der Waals surface area contributed by atoms with Crippen LogP contribution in [0, 0.1) is 0 Å². The summed E-state index contributed by atoms with van der Waals surface area (Å²) in [7, 11) is 2.06. The summed E-state index contributed by atoms with van der Waals surface area (Å²) in [6.45, 7) is 9.10. The van der Waals surface area contributed by atoms with Gasteiger partial charge in [-0.25, -0.2) is 0 Å². The molecule has 0 aromatic rings. The van der Waals surface area contributed by atoms with E-state index in [1.165, 1.54) is 25.0 Å². The average molecular weight is 203 g/mol. The Bertz CT molecular complexity index is 114. The average Bonchev–Trinajstić information content (AvgIpc) is 2.03. The normalized spacial score (nSPS) is 14.5. The van der Waals surface area contributed by atoms with E-state index >= 15 is 0 Å². The van der Waals surface area contributed by atoms with E-state index < -0.39 is 0 Å². The van der Waals surface area contributed by atoms with Crippen molar-refractivity contribution in [3.8, 4) is 0 Å². The second-order valence-electron chi connectivity index (χ2n) is 4.50. The Morgan fingerprint density at radius 2 is 1.92 bits per heavy atom. The molecule has 1 unspecified atom stereocenters. The molecule has 13 heavy (non-hydrogen) atoms. The standard InChI is InChI=1S/C11H25NS/c1-6-10(12-5)8-7-9-13-11(2,3)4/h10,12H,6-9H2,1-5H3. The Labute approximate surface area is 88.1 Å². The fourth-order valence-electron chi connectivity index (χ4n) is 1.26. The number of thioether (sulfide) groups is 1. The topological polar surface area (TPSA) is 12.0 Å². The highest BCUT2D eigenvalue weighted by atomic mass is 32.2. The Balaban J connectivity index is 3.34. The van der Waals surface area contributed by atoms with Gasteiger partial charge < -0.3 is 5.32 Å². The second-order valence-corrected chi connectivity index (χ2v) is 6.42. The van der Waals surface area contributed by atoms with E-state index in [0.717, 1.165) is 6.04 Å². The third-order valence-corrected chi connectivity index (χ3v) is 3.49. The quantitative estimate of drug-likeness (QED) is 0.665. The molecule has 0 bridgehead atoms. The summed E-state index contributed by atoms with van der Waals surface area (Å²) in [6.07, 6.45) is 3.90. The summed E-state index contributed by atoms with van der Waals surface area (Å²) in [5.74, 6) is 1.29. The van der Waals surface area contributed by atoms with Crippen molar-refractivity contribution in [3.05, 3.63) is 0 Å². The van der Waals surface area contributed by atoms with Crippen LogP contribution in [0.25, 0.3) is 0 Å². The Hall–Kier alpha value is 0.310. The molecular formula is C11H25NS. The monoisotopic (exact) mass is 203 g/mol. The first kappa shape index (κ1) is 13.3. The summed E-state index contributed by atoms with van der Waals surface area (Å²) in [6, 6.07) is 0.723. The van der Waals surface area contributed by atoms with E-state index in [1.54, 1.807) is 0 Å². The highest BCUT2D eigenvalue weighted by Gasteiger charge is 2.10. The summed E-state index contributed by atoms with van der Waals surface area (Å²) >= 11 is 2.07. The molecule has 2 heteroatoms. The highest BCUT2D eigenvalue weighted by Crippen LogP contribution is 2.24. The second kappa shape index (κ2) is 6.72. The Kier molecular flexibility index (Phi) is 6.88. The van der Waals surface area contributed by atoms with Crippen molar-refractivity contribution < 1.29 is 0 Å². The lowest BCUT2D eigenvalue weighted by molar-refractivity contribution is 0.504. The molecule has 0 saturated heterocycles. The summed E-state index contributed by atoms with van der Waals surface area (Å²) in [5, 5.41) is 3.34. The van der Waals surface area contributed by atoms with Crippen LogP contribution in [0.4, 0.5) is 0 Å². The largest absolute Gasteiger partial charge is 0.317 e. The first-order valence-electron chi connectivity index (χ1n) is 5.31. The maximum atomic E-state index is 3.34. The molecule has 1 N–H and O–H groups in total. The SMILES string of the molecule is CCC(CCCSC(C)(C)C)NC. The zero-order valence-corrected chi connectivity index (χ0v) is 10.6. The van der Waals surface area contributed by atoms with E-state index in [1.807, 2.05) is 0 Å². The van der Waals surface area contributed by atoms with Gasteiger partial charge in [-0.05, 0) is 32.1 Å². The maximum Gasteiger partial charge on any atom is 0.00750 e. The molecule has 0 saturated carbocycles. The fourth-order valence-corrected chi connectivity index (χ4v) is 2.18. The third-order valence-electron chi connectivity index (χ3n) is 2.13. The van der Waals surface area contributed by atoms with Crippen molar-refractivity contribution >= 4 is 11.8 Å². The van der Waals surface area contributed by atoms with Crippen LogP contribution in [0.15, 0.2) is 0 Å². The lowest BCUT2D eigenvalue weighted by Gasteiger charge is -2.18. The van der Waals surface area contributed by atoms with Gasteiger partial charge in [-0.1, -0.05) is 27.7 Å². The number of nitrogens with one attached hydrogen (secondary N) is 1. The molecule has 1 atom stereocenters. The van der Waals surface area contributed by atoms with Gasteiger partial charge in [-0.3, -0.25) is 0 Å². The van der Waals surface area contributed by atoms with Crippen molar-refractivity contribution in [2.24, 2.45) is 0 Å². The van der Waals surface area contributed by atoms with Crippen molar-refractivity contribution in [2.75, 3.05) is 12.8 Å². The molecule has 0 aromatic heterocycles. The predicted molar refractivity (Wildman–Crippen MR) is 64.6 cm³/mol. The van der Waals surface area contributed by atoms with Crippen molar-refractivity contribution in [2.45, 2.75) is 57.7 Å². The highest BCUT2D eigenvalue weighted by molar-refractivity contribution is 8.00. The molecule has 0 aliphatic carbocycles. The van der Waals surface area contributed by atoms with Gasteiger partial charge in [0.2, 0.25) is 0 Å². The third kappa shape index (κ3) is 8.63. The lowest BCUT2D eigenvalue weighted by atomic mass is 10.1.